The molecule has 0 aliphatic carbocycles. The lowest BCUT2D eigenvalue weighted by Gasteiger charge is -2.21. The summed E-state index contributed by atoms with van der Waals surface area (Å²) < 4.78 is 3.03. The molecule has 3 heterocycles. The number of rotatable bonds is 6. The maximum absolute atomic E-state index is 14.1. The van der Waals surface area contributed by atoms with Crippen LogP contribution < -0.4 is 21.9 Å². The second-order valence-electron chi connectivity index (χ2n) is 8.91. The van der Waals surface area contributed by atoms with E-state index >= 15 is 0 Å². The Bertz CT molecular complexity index is 1910. The van der Waals surface area contributed by atoms with Crippen LogP contribution in [0.5, 0.6) is 0 Å². The number of anilines is 1. The van der Waals surface area contributed by atoms with Gasteiger partial charge in [0, 0.05) is 42.6 Å². The van der Waals surface area contributed by atoms with Crippen molar-refractivity contribution >= 4 is 34.4 Å². The molecule has 0 bridgehead atoms. The maximum Gasteiger partial charge on any atom is 0.264 e. The van der Waals surface area contributed by atoms with E-state index in [0.717, 1.165) is 6.21 Å². The van der Waals surface area contributed by atoms with E-state index in [9.17, 15) is 9.59 Å². The van der Waals surface area contributed by atoms with Gasteiger partial charge in [-0.25, -0.2) is 9.50 Å². The number of aromatic nitrogens is 4. The molecule has 10 nitrogen and oxygen atoms in total. The van der Waals surface area contributed by atoms with Crippen molar-refractivity contribution in [1.29, 1.82) is 5.41 Å². The van der Waals surface area contributed by atoms with Crippen LogP contribution in [0.25, 0.3) is 22.1 Å². The molecule has 0 saturated carbocycles. The summed E-state index contributed by atoms with van der Waals surface area (Å²) >= 11 is 0. The standard InChI is InChI=1S/C30H26N8O2/c1-19(35-29(39)26-27(32)36-37-17-7-16-34-28(26)37)24-18-21-9-6-8-20(12-13-22(33-2)14-15-31)25(21)30(40)38(24)23-10-4-3-5-11-23/h3-11,14-19,31,33H,1-2H3,(H2,32,36)(H,35,39)/b22-14-,31-15?/t19-/m0/s1. The molecule has 0 fully saturated rings. The number of para-hydroxylation sites is 1. The molecular formula is C30H26N8O2. The van der Waals surface area contributed by atoms with E-state index in [4.69, 9.17) is 11.1 Å². The lowest BCUT2D eigenvalue weighted by Crippen LogP contribution is -2.32. The summed E-state index contributed by atoms with van der Waals surface area (Å²) in [4.78, 5) is 31.8. The first-order valence-corrected chi connectivity index (χ1v) is 12.5. The van der Waals surface area contributed by atoms with Gasteiger partial charge in [-0.1, -0.05) is 36.3 Å². The van der Waals surface area contributed by atoms with Crippen molar-refractivity contribution in [2.24, 2.45) is 0 Å². The fourth-order valence-corrected chi connectivity index (χ4v) is 4.52. The minimum absolute atomic E-state index is 0.0589. The largest absolute Gasteiger partial charge is 0.381 e. The maximum atomic E-state index is 14.1. The molecule has 0 saturated heterocycles. The summed E-state index contributed by atoms with van der Waals surface area (Å²) in [7, 11) is 1.72. The van der Waals surface area contributed by atoms with Gasteiger partial charge < -0.3 is 21.8 Å². The summed E-state index contributed by atoms with van der Waals surface area (Å²) in [6.07, 6.45) is 5.91. The van der Waals surface area contributed by atoms with Crippen molar-refractivity contribution in [3.05, 3.63) is 112 Å². The highest BCUT2D eigenvalue weighted by Crippen LogP contribution is 2.24. The first kappa shape index (κ1) is 25.9. The number of nitrogen functional groups attached to an aromatic ring is 1. The third-order valence-corrected chi connectivity index (χ3v) is 6.38. The topological polar surface area (TPSA) is 143 Å². The quantitative estimate of drug-likeness (QED) is 0.196. The SMILES string of the molecule is CN/C(C#Cc1cccc2cc([C@H](C)NC(=O)c3c(N)nn4cccnc34)n(-c3ccccc3)c(=O)c12)=C\C=N. The fourth-order valence-electron chi connectivity index (χ4n) is 4.52. The van der Waals surface area contributed by atoms with Crippen LogP contribution in [0.2, 0.25) is 0 Å². The summed E-state index contributed by atoms with van der Waals surface area (Å²) in [5, 5.41) is 18.5. The van der Waals surface area contributed by atoms with Gasteiger partial charge in [0.1, 0.15) is 5.56 Å². The van der Waals surface area contributed by atoms with Crippen LogP contribution in [0.4, 0.5) is 5.82 Å². The molecule has 1 amide bonds. The Kier molecular flexibility index (Phi) is 7.11. The Morgan fingerprint density at radius 1 is 1.15 bits per heavy atom. The Balaban J connectivity index is 1.65. The number of hydrogen-bond donors (Lipinski definition) is 4. The number of carbonyl (C=O) groups excluding carboxylic acids is 1. The Labute approximate surface area is 229 Å². The van der Waals surface area contributed by atoms with Crippen LogP contribution in [0.3, 0.4) is 0 Å². The summed E-state index contributed by atoms with van der Waals surface area (Å²) in [5.74, 6) is 5.65. The van der Waals surface area contributed by atoms with E-state index in [1.165, 1.54) is 10.6 Å². The van der Waals surface area contributed by atoms with Gasteiger partial charge in [0.25, 0.3) is 11.5 Å². The molecule has 2 aromatic carbocycles. The van der Waals surface area contributed by atoms with Gasteiger partial charge in [0.15, 0.2) is 11.5 Å². The van der Waals surface area contributed by atoms with Crippen molar-refractivity contribution < 1.29 is 4.79 Å². The molecule has 5 aromatic rings. The predicted octanol–water partition coefficient (Wildman–Crippen LogP) is 3.21. The van der Waals surface area contributed by atoms with Crippen LogP contribution in [0.15, 0.2) is 89.6 Å². The lowest BCUT2D eigenvalue weighted by molar-refractivity contribution is 0.0941. The zero-order valence-corrected chi connectivity index (χ0v) is 21.8. The monoisotopic (exact) mass is 530 g/mol. The van der Waals surface area contributed by atoms with Gasteiger partial charge in [0.05, 0.1) is 17.1 Å². The normalized spacial score (nSPS) is 12.0. The molecule has 198 valence electrons. The highest BCUT2D eigenvalue weighted by molar-refractivity contribution is 6.04. The molecule has 0 aliphatic rings. The third kappa shape index (κ3) is 4.79. The van der Waals surface area contributed by atoms with E-state index in [-0.39, 0.29) is 16.9 Å². The Morgan fingerprint density at radius 3 is 2.70 bits per heavy atom. The lowest BCUT2D eigenvalue weighted by atomic mass is 10.0. The molecule has 0 aliphatic heterocycles. The number of hydrogen-bond acceptors (Lipinski definition) is 7. The number of amides is 1. The highest BCUT2D eigenvalue weighted by Gasteiger charge is 2.23. The first-order chi connectivity index (χ1) is 19.4. The molecule has 10 heteroatoms. The molecule has 5 N–H and O–H groups in total. The van der Waals surface area contributed by atoms with Crippen molar-refractivity contribution in [1.82, 2.24) is 29.8 Å². The molecule has 40 heavy (non-hydrogen) atoms. The summed E-state index contributed by atoms with van der Waals surface area (Å²) in [5.41, 5.74) is 8.60. The molecule has 0 unspecified atom stereocenters. The van der Waals surface area contributed by atoms with Crippen LogP contribution >= 0.6 is 0 Å². The van der Waals surface area contributed by atoms with Gasteiger partial charge in [-0.05, 0) is 54.6 Å². The summed E-state index contributed by atoms with van der Waals surface area (Å²) in [6.45, 7) is 1.80. The second kappa shape index (κ2) is 11.0. The number of pyridine rings is 1. The van der Waals surface area contributed by atoms with Crippen molar-refractivity contribution in [3.8, 4) is 17.5 Å². The number of fused-ring (bicyclic) bond motifs is 2. The zero-order valence-electron chi connectivity index (χ0n) is 21.8. The molecule has 1 atom stereocenters. The van der Waals surface area contributed by atoms with Crippen LogP contribution in [0, 0.1) is 17.3 Å². The highest BCUT2D eigenvalue weighted by atomic mass is 16.2. The fraction of sp³-hybridized carbons (Fsp3) is 0.100. The predicted molar refractivity (Wildman–Crippen MR) is 156 cm³/mol. The van der Waals surface area contributed by atoms with E-state index in [1.807, 2.05) is 48.5 Å². The number of nitrogens with zero attached hydrogens (tertiary/aromatic N) is 4. The number of benzene rings is 2. The number of allylic oxidation sites excluding steroid dienone is 2. The van der Waals surface area contributed by atoms with E-state index in [1.54, 1.807) is 43.1 Å². The van der Waals surface area contributed by atoms with Crippen LogP contribution in [-0.4, -0.2) is 38.3 Å². The van der Waals surface area contributed by atoms with E-state index in [0.29, 0.717) is 39.1 Å². The van der Waals surface area contributed by atoms with Crippen LogP contribution in [-0.2, 0) is 0 Å². The third-order valence-electron chi connectivity index (χ3n) is 6.38. The van der Waals surface area contributed by atoms with Gasteiger partial charge >= 0.3 is 0 Å². The number of nitrogens with one attached hydrogen (secondary N) is 3. The minimum Gasteiger partial charge on any atom is -0.381 e. The average molecular weight is 531 g/mol. The van der Waals surface area contributed by atoms with Crippen LogP contribution in [0.1, 0.15) is 34.6 Å². The van der Waals surface area contributed by atoms with Gasteiger partial charge in [0.2, 0.25) is 0 Å². The smallest absolute Gasteiger partial charge is 0.264 e. The molecule has 3 aromatic heterocycles. The van der Waals surface area contributed by atoms with Gasteiger partial charge in [-0.3, -0.25) is 14.2 Å². The zero-order chi connectivity index (χ0) is 28.2. The van der Waals surface area contributed by atoms with Crippen molar-refractivity contribution in [2.75, 3.05) is 12.8 Å². The van der Waals surface area contributed by atoms with Gasteiger partial charge in [-0.15, -0.1) is 5.10 Å². The van der Waals surface area contributed by atoms with Gasteiger partial charge in [-0.2, -0.15) is 0 Å². The van der Waals surface area contributed by atoms with E-state index < -0.39 is 11.9 Å². The average Bonchev–Trinajstić information content (AvgIpc) is 3.31. The van der Waals surface area contributed by atoms with E-state index in [2.05, 4.69) is 32.6 Å². The van der Waals surface area contributed by atoms with Crippen molar-refractivity contribution in [3.63, 3.8) is 0 Å². The number of nitrogens with two attached hydrogens (primary N) is 1. The van der Waals surface area contributed by atoms with Crippen molar-refractivity contribution in [2.45, 2.75) is 13.0 Å². The molecular weight excluding hydrogens is 504 g/mol. The Hall–Kier alpha value is -5.69. The Morgan fingerprint density at radius 2 is 1.95 bits per heavy atom. The minimum atomic E-state index is -0.593. The molecule has 5 rings (SSSR count). The second-order valence-corrected chi connectivity index (χ2v) is 8.91. The number of carbonyl (C=O) groups is 1. The summed E-state index contributed by atoms with van der Waals surface area (Å²) in [6, 6.07) is 17.7. The molecule has 0 radical (unpaired) electrons. The first-order valence-electron chi connectivity index (χ1n) is 12.5. The molecule has 0 spiro atoms.